The molecule has 0 atom stereocenters. The highest BCUT2D eigenvalue weighted by Gasteiger charge is 2.14. The predicted octanol–water partition coefficient (Wildman–Crippen LogP) is 3.11. The van der Waals surface area contributed by atoms with Crippen molar-refractivity contribution in [1.29, 1.82) is 0 Å². The van der Waals surface area contributed by atoms with Crippen LogP contribution in [0.3, 0.4) is 0 Å². The van der Waals surface area contributed by atoms with Crippen molar-refractivity contribution in [2.45, 2.75) is 26.3 Å². The van der Waals surface area contributed by atoms with Gasteiger partial charge in [0.15, 0.2) is 0 Å². The van der Waals surface area contributed by atoms with Crippen LogP contribution in [0.25, 0.3) is 4.83 Å². The van der Waals surface area contributed by atoms with Crippen molar-refractivity contribution in [3.8, 4) is 17.6 Å². The Labute approximate surface area is 199 Å². The zero-order chi connectivity index (χ0) is 24.2. The van der Waals surface area contributed by atoms with E-state index in [4.69, 9.17) is 9.84 Å². The highest BCUT2D eigenvalue weighted by molar-refractivity contribution is 7.18. The highest BCUT2D eigenvalue weighted by Crippen LogP contribution is 2.18. The van der Waals surface area contributed by atoms with Gasteiger partial charge in [-0.1, -0.05) is 48.2 Å². The van der Waals surface area contributed by atoms with Gasteiger partial charge in [0.1, 0.15) is 10.6 Å². The van der Waals surface area contributed by atoms with Gasteiger partial charge in [-0.15, -0.1) is 11.3 Å². The number of aryl methyl sites for hydroxylation is 1. The molecule has 4 aromatic rings. The van der Waals surface area contributed by atoms with Gasteiger partial charge >= 0.3 is 11.7 Å². The summed E-state index contributed by atoms with van der Waals surface area (Å²) in [4.78, 5) is 38.1. The number of ether oxygens (including phenoxy) is 1. The molecule has 0 fully saturated rings. The molecular formula is C26H22N2O5S. The van der Waals surface area contributed by atoms with E-state index in [1.165, 1.54) is 20.3 Å². The van der Waals surface area contributed by atoms with E-state index >= 15 is 0 Å². The lowest BCUT2D eigenvalue weighted by Gasteiger charge is -2.08. The Morgan fingerprint density at radius 1 is 1.09 bits per heavy atom. The molecule has 0 saturated heterocycles. The Morgan fingerprint density at radius 3 is 2.53 bits per heavy atom. The number of carbonyl (C=O) groups is 1. The average Bonchev–Trinajstić information content (AvgIpc) is 3.26. The van der Waals surface area contributed by atoms with Gasteiger partial charge in [-0.3, -0.25) is 18.6 Å². The molecule has 2 heterocycles. The minimum atomic E-state index is -0.914. The summed E-state index contributed by atoms with van der Waals surface area (Å²) in [6.45, 7) is 1.80. The van der Waals surface area contributed by atoms with E-state index in [1.807, 2.05) is 24.3 Å². The number of rotatable bonds is 6. The molecule has 0 spiro atoms. The number of hydrogen-bond donors (Lipinski definition) is 1. The van der Waals surface area contributed by atoms with Crippen LogP contribution >= 0.6 is 11.3 Å². The molecular weight excluding hydrogens is 452 g/mol. The monoisotopic (exact) mass is 474 g/mol. The van der Waals surface area contributed by atoms with Gasteiger partial charge in [0.25, 0.3) is 5.56 Å². The maximum absolute atomic E-state index is 13.1. The summed E-state index contributed by atoms with van der Waals surface area (Å²) in [7, 11) is 1.62. The first-order chi connectivity index (χ1) is 16.4. The van der Waals surface area contributed by atoms with Gasteiger partial charge in [0.05, 0.1) is 25.0 Å². The van der Waals surface area contributed by atoms with Crippen LogP contribution in [0.2, 0.25) is 0 Å². The molecule has 2 aromatic heterocycles. The van der Waals surface area contributed by atoms with Crippen LogP contribution in [0.5, 0.6) is 5.75 Å². The van der Waals surface area contributed by atoms with Crippen LogP contribution in [0.1, 0.15) is 27.1 Å². The molecule has 0 aliphatic carbocycles. The molecule has 34 heavy (non-hydrogen) atoms. The lowest BCUT2D eigenvalue weighted by molar-refractivity contribution is -0.136. The minimum absolute atomic E-state index is 0.0789. The lowest BCUT2D eigenvalue weighted by atomic mass is 10.1. The maximum atomic E-state index is 13.1. The number of carboxylic acid groups (broad SMARTS) is 1. The summed E-state index contributed by atoms with van der Waals surface area (Å²) in [6, 6.07) is 14.5. The molecule has 0 bridgehead atoms. The van der Waals surface area contributed by atoms with Crippen molar-refractivity contribution >= 4 is 22.1 Å². The topological polar surface area (TPSA) is 90.0 Å². The second kappa shape index (κ2) is 9.81. The summed E-state index contributed by atoms with van der Waals surface area (Å²) < 4.78 is 7.89. The van der Waals surface area contributed by atoms with Crippen LogP contribution in [0.15, 0.2) is 64.3 Å². The molecule has 4 rings (SSSR count). The zero-order valence-electron chi connectivity index (χ0n) is 18.7. The van der Waals surface area contributed by atoms with E-state index < -0.39 is 11.7 Å². The van der Waals surface area contributed by atoms with E-state index in [2.05, 4.69) is 11.8 Å². The quantitative estimate of drug-likeness (QED) is 0.434. The fourth-order valence-electron chi connectivity index (χ4n) is 3.60. The first-order valence-electron chi connectivity index (χ1n) is 10.5. The Kier molecular flexibility index (Phi) is 6.66. The number of hydrogen-bond acceptors (Lipinski definition) is 5. The van der Waals surface area contributed by atoms with Crippen LogP contribution < -0.4 is 16.0 Å². The van der Waals surface area contributed by atoms with Crippen molar-refractivity contribution in [3.05, 3.63) is 103 Å². The molecule has 1 N–H and O–H groups in total. The van der Waals surface area contributed by atoms with Crippen LogP contribution in [0, 0.1) is 18.8 Å². The van der Waals surface area contributed by atoms with Crippen molar-refractivity contribution in [2.24, 2.45) is 0 Å². The normalized spacial score (nSPS) is 10.6. The van der Waals surface area contributed by atoms with E-state index in [0.717, 1.165) is 16.9 Å². The molecule has 7 nitrogen and oxygen atoms in total. The third-order valence-electron chi connectivity index (χ3n) is 5.35. The summed E-state index contributed by atoms with van der Waals surface area (Å²) in [6.07, 6.45) is 2.12. The Balaban J connectivity index is 1.62. The van der Waals surface area contributed by atoms with Gasteiger partial charge in [-0.05, 0) is 35.7 Å². The molecule has 0 saturated carbocycles. The van der Waals surface area contributed by atoms with E-state index in [9.17, 15) is 14.4 Å². The molecule has 0 aliphatic heterocycles. The third-order valence-corrected chi connectivity index (χ3v) is 6.48. The Hall–Kier alpha value is -4.09. The SMILES string of the molecule is COc1cccc(CC#Cc2cn3c(=O)n(Cc4ccc(CC(=O)O)cc4)c(=O)c(C)c3s2)c1. The fraction of sp³-hybridized carbons (Fsp3) is 0.192. The largest absolute Gasteiger partial charge is 0.497 e. The Bertz CT molecular complexity index is 1550. The van der Waals surface area contributed by atoms with Gasteiger partial charge in [0.2, 0.25) is 0 Å². The summed E-state index contributed by atoms with van der Waals surface area (Å²) in [5.41, 5.74) is 2.11. The van der Waals surface area contributed by atoms with E-state index in [0.29, 0.717) is 27.3 Å². The number of nitrogens with zero attached hydrogens (tertiary/aromatic N) is 2. The number of fused-ring (bicyclic) bond motifs is 1. The average molecular weight is 475 g/mol. The number of thiazole rings is 1. The number of methoxy groups -OCH3 is 1. The first-order valence-corrected chi connectivity index (χ1v) is 11.3. The van der Waals surface area contributed by atoms with Crippen molar-refractivity contribution in [1.82, 2.24) is 8.97 Å². The van der Waals surface area contributed by atoms with Gasteiger partial charge < -0.3 is 9.84 Å². The van der Waals surface area contributed by atoms with Gasteiger partial charge in [0, 0.05) is 18.2 Å². The molecule has 0 amide bonds. The minimum Gasteiger partial charge on any atom is -0.497 e. The maximum Gasteiger partial charge on any atom is 0.336 e. The standard InChI is InChI=1S/C26H22N2O5S/c1-17-24(31)27(15-20-11-9-19(10-12-20)14-23(29)30)26(32)28-16-22(34-25(17)28)8-4-6-18-5-3-7-21(13-18)33-2/h3,5,7,9-13,16H,6,14-15H2,1-2H3,(H,29,30). The number of aromatic nitrogens is 2. The molecule has 2 aromatic carbocycles. The lowest BCUT2D eigenvalue weighted by Crippen LogP contribution is -2.38. The predicted molar refractivity (Wildman–Crippen MR) is 131 cm³/mol. The van der Waals surface area contributed by atoms with Crippen LogP contribution in [0.4, 0.5) is 0 Å². The van der Waals surface area contributed by atoms with Crippen molar-refractivity contribution < 1.29 is 14.6 Å². The second-order valence-corrected chi connectivity index (χ2v) is 8.82. The zero-order valence-corrected chi connectivity index (χ0v) is 19.5. The highest BCUT2D eigenvalue weighted by atomic mass is 32.1. The number of carboxylic acids is 1. The molecule has 0 radical (unpaired) electrons. The molecule has 0 unspecified atom stereocenters. The van der Waals surface area contributed by atoms with Gasteiger partial charge in [-0.25, -0.2) is 4.79 Å². The Morgan fingerprint density at radius 2 is 1.82 bits per heavy atom. The smallest absolute Gasteiger partial charge is 0.336 e. The third kappa shape index (κ3) is 4.95. The first kappa shape index (κ1) is 23.1. The van der Waals surface area contributed by atoms with Crippen molar-refractivity contribution in [3.63, 3.8) is 0 Å². The van der Waals surface area contributed by atoms with Crippen molar-refractivity contribution in [2.75, 3.05) is 7.11 Å². The molecule has 0 aliphatic rings. The second-order valence-electron chi connectivity index (χ2n) is 7.79. The van der Waals surface area contributed by atoms with Gasteiger partial charge in [-0.2, -0.15) is 0 Å². The van der Waals surface area contributed by atoms with Crippen LogP contribution in [-0.2, 0) is 24.2 Å². The van der Waals surface area contributed by atoms with E-state index in [-0.39, 0.29) is 18.5 Å². The van der Waals surface area contributed by atoms with Crippen LogP contribution in [-0.4, -0.2) is 27.2 Å². The molecule has 172 valence electrons. The summed E-state index contributed by atoms with van der Waals surface area (Å²) >= 11 is 1.31. The number of benzene rings is 2. The molecule has 8 heteroatoms. The number of aliphatic carboxylic acids is 1. The fourth-order valence-corrected chi connectivity index (χ4v) is 4.56. The van der Waals surface area contributed by atoms with E-state index in [1.54, 1.807) is 44.5 Å². The summed E-state index contributed by atoms with van der Waals surface area (Å²) in [5, 5.41) is 8.91. The summed E-state index contributed by atoms with van der Waals surface area (Å²) in [5.74, 6) is 6.07.